The number of rotatable bonds is 7. The van der Waals surface area contributed by atoms with Crippen LogP contribution in [0.2, 0.25) is 0 Å². The fourth-order valence-corrected chi connectivity index (χ4v) is 3.38. The van der Waals surface area contributed by atoms with Crippen LogP contribution in [-0.2, 0) is 25.8 Å². The zero-order valence-electron chi connectivity index (χ0n) is 15.8. The summed E-state index contributed by atoms with van der Waals surface area (Å²) in [5, 5.41) is 11.0. The summed E-state index contributed by atoms with van der Waals surface area (Å²) in [6, 6.07) is 8.68. The number of aryl methyl sites for hydroxylation is 2. The number of hydrogen-bond donors (Lipinski definition) is 2. The molecule has 6 heteroatoms. The van der Waals surface area contributed by atoms with Gasteiger partial charge in [0.1, 0.15) is 5.76 Å². The minimum absolute atomic E-state index is 0. The molecule has 0 amide bonds. The van der Waals surface area contributed by atoms with Gasteiger partial charge < -0.3 is 15.2 Å². The van der Waals surface area contributed by atoms with Crippen LogP contribution in [0, 0.1) is 0 Å². The Bertz CT molecular complexity index is 720. The van der Waals surface area contributed by atoms with E-state index in [0.29, 0.717) is 12.5 Å². The van der Waals surface area contributed by atoms with Gasteiger partial charge in [0, 0.05) is 31.0 Å². The van der Waals surface area contributed by atoms with Crippen LogP contribution in [0.3, 0.4) is 0 Å². The monoisotopic (exact) mass is 468 g/mol. The molecule has 26 heavy (non-hydrogen) atoms. The second kappa shape index (κ2) is 9.94. The molecule has 1 unspecified atom stereocenters. The molecule has 0 saturated heterocycles. The van der Waals surface area contributed by atoms with Gasteiger partial charge in [-0.15, -0.1) is 24.0 Å². The van der Waals surface area contributed by atoms with Crippen molar-refractivity contribution < 1.29 is 4.52 Å². The zero-order chi connectivity index (χ0) is 17.6. The van der Waals surface area contributed by atoms with E-state index in [1.165, 1.54) is 11.1 Å². The van der Waals surface area contributed by atoms with Crippen molar-refractivity contribution in [2.45, 2.75) is 52.5 Å². The lowest BCUT2D eigenvalue weighted by Crippen LogP contribution is -2.41. The molecule has 1 aliphatic rings. The van der Waals surface area contributed by atoms with E-state index in [9.17, 15) is 0 Å². The third kappa shape index (κ3) is 4.58. The number of nitrogens with zero attached hydrogens (tertiary/aromatic N) is 2. The third-order valence-corrected chi connectivity index (χ3v) is 4.82. The molecule has 1 aliphatic carbocycles. The summed E-state index contributed by atoms with van der Waals surface area (Å²) in [6.45, 7) is 8.63. The maximum Gasteiger partial charge on any atom is 0.191 e. The Morgan fingerprint density at radius 2 is 2.00 bits per heavy atom. The molecule has 1 aromatic heterocycles. The number of benzene rings is 1. The molecule has 0 aliphatic heterocycles. The minimum Gasteiger partial charge on any atom is -0.361 e. The Balaban J connectivity index is 0.00000243. The molecule has 1 heterocycles. The van der Waals surface area contributed by atoms with Crippen molar-refractivity contribution >= 4 is 29.9 Å². The van der Waals surface area contributed by atoms with Gasteiger partial charge in [-0.1, -0.05) is 43.3 Å². The average molecular weight is 468 g/mol. The first-order valence-corrected chi connectivity index (χ1v) is 9.33. The van der Waals surface area contributed by atoms with Gasteiger partial charge in [0.25, 0.3) is 0 Å². The molecule has 1 aromatic carbocycles. The summed E-state index contributed by atoms with van der Waals surface area (Å²) in [6.07, 6.45) is 2.87. The van der Waals surface area contributed by atoms with Crippen LogP contribution in [0.1, 0.15) is 54.8 Å². The van der Waals surface area contributed by atoms with Crippen LogP contribution >= 0.6 is 24.0 Å². The van der Waals surface area contributed by atoms with Gasteiger partial charge in [0.15, 0.2) is 5.96 Å². The molecule has 142 valence electrons. The summed E-state index contributed by atoms with van der Waals surface area (Å²) in [4.78, 5) is 4.75. The quantitative estimate of drug-likeness (QED) is 0.369. The molecule has 0 saturated carbocycles. The first kappa shape index (κ1) is 20.7. The van der Waals surface area contributed by atoms with Crippen molar-refractivity contribution in [1.82, 2.24) is 15.8 Å². The number of nitrogens with one attached hydrogen (secondary N) is 2. The van der Waals surface area contributed by atoms with E-state index in [-0.39, 0.29) is 24.0 Å². The normalized spacial score (nSPS) is 15.7. The highest BCUT2D eigenvalue weighted by Gasteiger charge is 2.25. The standard InChI is InChI=1S/C20H28N4O.HI/c1-4-18-17(19(5-2)25-24-18)13-23-20(21-6-3)22-12-15-11-14-9-7-8-10-16(14)15;/h7-10,15H,4-6,11-13H2,1-3H3,(H2,21,22,23);1H. The fourth-order valence-electron chi connectivity index (χ4n) is 3.38. The highest BCUT2D eigenvalue weighted by atomic mass is 127. The van der Waals surface area contributed by atoms with Crippen molar-refractivity contribution in [1.29, 1.82) is 0 Å². The van der Waals surface area contributed by atoms with Gasteiger partial charge in [-0.2, -0.15) is 0 Å². The maximum atomic E-state index is 5.43. The Kier molecular flexibility index (Phi) is 7.93. The van der Waals surface area contributed by atoms with Crippen molar-refractivity contribution in [3.63, 3.8) is 0 Å². The van der Waals surface area contributed by atoms with E-state index < -0.39 is 0 Å². The number of hydrogen-bond acceptors (Lipinski definition) is 3. The first-order valence-electron chi connectivity index (χ1n) is 9.33. The summed E-state index contributed by atoms with van der Waals surface area (Å²) >= 11 is 0. The van der Waals surface area contributed by atoms with E-state index in [1.807, 2.05) is 0 Å². The van der Waals surface area contributed by atoms with Gasteiger partial charge in [0.05, 0.1) is 12.2 Å². The summed E-state index contributed by atoms with van der Waals surface area (Å²) in [7, 11) is 0. The van der Waals surface area contributed by atoms with Crippen molar-refractivity contribution in [2.24, 2.45) is 4.99 Å². The Morgan fingerprint density at radius 1 is 1.19 bits per heavy atom. The third-order valence-electron chi connectivity index (χ3n) is 4.82. The number of aromatic nitrogens is 1. The highest BCUT2D eigenvalue weighted by molar-refractivity contribution is 14.0. The molecular formula is C20H29IN4O. The Hall–Kier alpha value is -1.57. The van der Waals surface area contributed by atoms with Crippen molar-refractivity contribution in [3.05, 3.63) is 52.4 Å². The van der Waals surface area contributed by atoms with Crippen LogP contribution < -0.4 is 10.6 Å². The number of aliphatic imine (C=N–C) groups is 1. The molecule has 0 fully saturated rings. The largest absolute Gasteiger partial charge is 0.361 e. The summed E-state index contributed by atoms with van der Waals surface area (Å²) < 4.78 is 5.43. The van der Waals surface area contributed by atoms with Gasteiger partial charge in [-0.05, 0) is 30.9 Å². The second-order valence-electron chi connectivity index (χ2n) is 6.41. The van der Waals surface area contributed by atoms with Gasteiger partial charge in [0.2, 0.25) is 0 Å². The minimum atomic E-state index is 0. The first-order chi connectivity index (χ1) is 12.3. The molecule has 2 N–H and O–H groups in total. The Morgan fingerprint density at radius 3 is 2.69 bits per heavy atom. The second-order valence-corrected chi connectivity index (χ2v) is 6.41. The van der Waals surface area contributed by atoms with Gasteiger partial charge in [-0.3, -0.25) is 0 Å². The lowest BCUT2D eigenvalue weighted by molar-refractivity contribution is 0.380. The lowest BCUT2D eigenvalue weighted by atomic mass is 9.78. The van der Waals surface area contributed by atoms with Crippen LogP contribution in [0.15, 0.2) is 33.8 Å². The molecular weight excluding hydrogens is 439 g/mol. The fraction of sp³-hybridized carbons (Fsp3) is 0.500. The molecule has 2 aromatic rings. The predicted molar refractivity (Wildman–Crippen MR) is 116 cm³/mol. The molecule has 1 atom stereocenters. The predicted octanol–water partition coefficient (Wildman–Crippen LogP) is 3.81. The van der Waals surface area contributed by atoms with E-state index >= 15 is 0 Å². The Labute approximate surface area is 173 Å². The average Bonchev–Trinajstić information content (AvgIpc) is 3.02. The van der Waals surface area contributed by atoms with Crippen LogP contribution in [0.5, 0.6) is 0 Å². The number of fused-ring (bicyclic) bond motifs is 1. The van der Waals surface area contributed by atoms with Crippen molar-refractivity contribution in [2.75, 3.05) is 13.1 Å². The van der Waals surface area contributed by atoms with Gasteiger partial charge >= 0.3 is 0 Å². The maximum absolute atomic E-state index is 5.43. The SMILES string of the molecule is CCNC(=NCc1c(CC)noc1CC)NCC1Cc2ccccc21.I. The van der Waals surface area contributed by atoms with Crippen LogP contribution in [-0.4, -0.2) is 24.2 Å². The van der Waals surface area contributed by atoms with Crippen molar-refractivity contribution in [3.8, 4) is 0 Å². The summed E-state index contributed by atoms with van der Waals surface area (Å²) in [5.41, 5.74) is 5.09. The van der Waals surface area contributed by atoms with E-state index in [0.717, 1.165) is 55.3 Å². The zero-order valence-corrected chi connectivity index (χ0v) is 18.2. The number of halogens is 1. The lowest BCUT2D eigenvalue weighted by Gasteiger charge is -2.30. The highest BCUT2D eigenvalue weighted by Crippen LogP contribution is 2.33. The van der Waals surface area contributed by atoms with Crippen LogP contribution in [0.25, 0.3) is 0 Å². The van der Waals surface area contributed by atoms with Gasteiger partial charge in [-0.25, -0.2) is 4.99 Å². The summed E-state index contributed by atoms with van der Waals surface area (Å²) in [5.74, 6) is 2.38. The molecule has 0 spiro atoms. The van der Waals surface area contributed by atoms with E-state index in [4.69, 9.17) is 9.52 Å². The number of guanidine groups is 1. The molecule has 3 rings (SSSR count). The van der Waals surface area contributed by atoms with E-state index in [2.05, 4.69) is 60.8 Å². The van der Waals surface area contributed by atoms with Crippen LogP contribution in [0.4, 0.5) is 0 Å². The molecule has 0 radical (unpaired) electrons. The smallest absolute Gasteiger partial charge is 0.191 e. The topological polar surface area (TPSA) is 62.5 Å². The van der Waals surface area contributed by atoms with E-state index in [1.54, 1.807) is 0 Å². The molecule has 5 nitrogen and oxygen atoms in total. The molecule has 0 bridgehead atoms.